The van der Waals surface area contributed by atoms with Crippen LogP contribution in [-0.2, 0) is 6.54 Å². The smallest absolute Gasteiger partial charge is 0.270 e. The van der Waals surface area contributed by atoms with Gasteiger partial charge in [-0.3, -0.25) is 14.9 Å². The van der Waals surface area contributed by atoms with Crippen molar-refractivity contribution in [2.75, 3.05) is 6.54 Å². The highest BCUT2D eigenvalue weighted by Gasteiger charge is 2.23. The quantitative estimate of drug-likeness (QED) is 0.337. The second-order valence-corrected chi connectivity index (χ2v) is 6.18. The number of non-ortho nitro benzene ring substituents is 1. The largest absolute Gasteiger partial charge is 0.337 e. The zero-order chi connectivity index (χ0) is 20.1. The Morgan fingerprint density at radius 3 is 2.71 bits per heavy atom. The lowest BCUT2D eigenvalue weighted by atomic mass is 10.1. The molecule has 8 nitrogen and oxygen atoms in total. The summed E-state index contributed by atoms with van der Waals surface area (Å²) in [4.78, 5) is 29.0. The fourth-order valence-corrected chi connectivity index (χ4v) is 2.72. The summed E-state index contributed by atoms with van der Waals surface area (Å²) in [6.45, 7) is 3.81. The Labute approximate surface area is 165 Å². The molecule has 0 spiro atoms. The Bertz CT molecular complexity index is 1020. The molecule has 0 saturated heterocycles. The lowest BCUT2D eigenvalue weighted by Crippen LogP contribution is -2.31. The number of hydrogen-bond acceptors (Lipinski definition) is 6. The molecule has 0 fully saturated rings. The first kappa shape index (κ1) is 19.2. The first-order valence-corrected chi connectivity index (χ1v) is 8.59. The van der Waals surface area contributed by atoms with Crippen molar-refractivity contribution in [1.82, 2.24) is 15.0 Å². The monoisotopic (exact) mass is 398 g/mol. The Balaban J connectivity index is 1.85. The van der Waals surface area contributed by atoms with Gasteiger partial charge in [-0.25, -0.2) is 0 Å². The predicted molar refractivity (Wildman–Crippen MR) is 103 cm³/mol. The van der Waals surface area contributed by atoms with Crippen molar-refractivity contribution < 1.29 is 14.2 Å². The fourth-order valence-electron chi connectivity index (χ4n) is 2.52. The molecule has 0 aliphatic carbocycles. The second-order valence-electron chi connectivity index (χ2n) is 5.77. The molecule has 1 aromatic heterocycles. The number of nitro groups is 1. The third kappa shape index (κ3) is 4.24. The van der Waals surface area contributed by atoms with Crippen LogP contribution in [0.4, 0.5) is 5.69 Å². The van der Waals surface area contributed by atoms with Gasteiger partial charge in [0.2, 0.25) is 11.7 Å². The van der Waals surface area contributed by atoms with Crippen LogP contribution in [0.2, 0.25) is 5.02 Å². The number of benzene rings is 2. The van der Waals surface area contributed by atoms with E-state index in [1.807, 2.05) is 30.3 Å². The average Bonchev–Trinajstić information content (AvgIpc) is 3.16. The van der Waals surface area contributed by atoms with Gasteiger partial charge >= 0.3 is 0 Å². The maximum atomic E-state index is 12.9. The van der Waals surface area contributed by atoms with Crippen LogP contribution in [0, 0.1) is 10.1 Å². The summed E-state index contributed by atoms with van der Waals surface area (Å²) in [5.74, 6) is 0.110. The molecule has 28 heavy (non-hydrogen) atoms. The van der Waals surface area contributed by atoms with E-state index in [-0.39, 0.29) is 35.3 Å². The van der Waals surface area contributed by atoms with E-state index in [1.165, 1.54) is 23.1 Å². The topological polar surface area (TPSA) is 102 Å². The maximum Gasteiger partial charge on any atom is 0.270 e. The Hall–Kier alpha value is -3.52. The summed E-state index contributed by atoms with van der Waals surface area (Å²) in [5, 5.41) is 15.0. The molecule has 0 atom stereocenters. The molecule has 1 amide bonds. The minimum atomic E-state index is -0.588. The van der Waals surface area contributed by atoms with Crippen LogP contribution in [-0.4, -0.2) is 32.4 Å². The highest BCUT2D eigenvalue weighted by atomic mass is 35.5. The zero-order valence-electron chi connectivity index (χ0n) is 14.6. The second kappa shape index (κ2) is 8.45. The summed E-state index contributed by atoms with van der Waals surface area (Å²) < 4.78 is 5.24. The molecule has 9 heteroatoms. The summed E-state index contributed by atoms with van der Waals surface area (Å²) in [6, 6.07) is 12.9. The van der Waals surface area contributed by atoms with Crippen molar-refractivity contribution in [3.8, 4) is 11.4 Å². The van der Waals surface area contributed by atoms with Crippen molar-refractivity contribution in [2.24, 2.45) is 0 Å². The van der Waals surface area contributed by atoms with Gasteiger partial charge in [-0.2, -0.15) is 4.98 Å². The molecule has 2 aromatic carbocycles. The number of halogens is 1. The molecule has 142 valence electrons. The molecular weight excluding hydrogens is 384 g/mol. The van der Waals surface area contributed by atoms with Crippen molar-refractivity contribution in [3.05, 3.63) is 87.8 Å². The van der Waals surface area contributed by atoms with Gasteiger partial charge in [-0.1, -0.05) is 53.2 Å². The molecule has 3 aromatic rings. The van der Waals surface area contributed by atoms with Gasteiger partial charge in [0.1, 0.15) is 6.54 Å². The standard InChI is InChI=1S/C19H15ClN4O4/c1-2-10-23(19(25)15-11-14(24(26)27)8-9-16(15)20)12-17-21-18(22-28-17)13-6-4-3-5-7-13/h2-9,11H,1,10,12H2. The van der Waals surface area contributed by atoms with E-state index < -0.39 is 10.8 Å². The summed E-state index contributed by atoms with van der Waals surface area (Å²) in [5.41, 5.74) is 0.566. The van der Waals surface area contributed by atoms with Crippen LogP contribution in [0.3, 0.4) is 0 Å². The van der Waals surface area contributed by atoms with Crippen molar-refractivity contribution in [2.45, 2.75) is 6.54 Å². The van der Waals surface area contributed by atoms with E-state index in [0.29, 0.717) is 5.82 Å². The molecule has 0 aliphatic heterocycles. The summed E-state index contributed by atoms with van der Waals surface area (Å²) in [6.07, 6.45) is 1.53. The van der Waals surface area contributed by atoms with E-state index in [1.54, 1.807) is 0 Å². The Morgan fingerprint density at radius 2 is 2.04 bits per heavy atom. The molecule has 0 unspecified atom stereocenters. The van der Waals surface area contributed by atoms with E-state index in [9.17, 15) is 14.9 Å². The molecule has 1 heterocycles. The molecule has 3 rings (SSSR count). The fraction of sp³-hybridized carbons (Fsp3) is 0.105. The van der Waals surface area contributed by atoms with Gasteiger partial charge in [-0.05, 0) is 6.07 Å². The lowest BCUT2D eigenvalue weighted by molar-refractivity contribution is -0.384. The lowest BCUT2D eigenvalue weighted by Gasteiger charge is -2.19. The van der Waals surface area contributed by atoms with Crippen LogP contribution in [0.1, 0.15) is 16.2 Å². The molecule has 0 radical (unpaired) electrons. The average molecular weight is 399 g/mol. The SMILES string of the molecule is C=CCN(Cc1nc(-c2ccccc2)no1)C(=O)c1cc([N+](=O)[O-])ccc1Cl. The van der Waals surface area contributed by atoms with Crippen molar-refractivity contribution >= 4 is 23.2 Å². The minimum absolute atomic E-state index is 0.00368. The van der Waals surface area contributed by atoms with Gasteiger partial charge in [0.05, 0.1) is 15.5 Å². The number of carbonyl (C=O) groups excluding carboxylic acids is 1. The number of nitro benzene ring substituents is 1. The molecule has 0 bridgehead atoms. The number of amides is 1. The van der Waals surface area contributed by atoms with E-state index in [0.717, 1.165) is 11.6 Å². The third-order valence-electron chi connectivity index (χ3n) is 3.85. The van der Waals surface area contributed by atoms with Gasteiger partial charge in [0.15, 0.2) is 0 Å². The molecular formula is C19H15ClN4O4. The summed E-state index contributed by atoms with van der Waals surface area (Å²) in [7, 11) is 0. The van der Waals surface area contributed by atoms with Crippen LogP contribution >= 0.6 is 11.6 Å². The van der Waals surface area contributed by atoms with Crippen LogP contribution < -0.4 is 0 Å². The van der Waals surface area contributed by atoms with Crippen molar-refractivity contribution in [1.29, 1.82) is 0 Å². The first-order chi connectivity index (χ1) is 13.5. The number of aromatic nitrogens is 2. The number of nitrogens with zero attached hydrogens (tertiary/aromatic N) is 4. The highest BCUT2D eigenvalue weighted by Crippen LogP contribution is 2.24. The number of carbonyl (C=O) groups is 1. The highest BCUT2D eigenvalue weighted by molar-refractivity contribution is 6.33. The van der Waals surface area contributed by atoms with E-state index in [4.69, 9.17) is 16.1 Å². The zero-order valence-corrected chi connectivity index (χ0v) is 15.4. The molecule has 0 N–H and O–H groups in total. The van der Waals surface area contributed by atoms with E-state index in [2.05, 4.69) is 16.7 Å². The van der Waals surface area contributed by atoms with Crippen LogP contribution in [0.5, 0.6) is 0 Å². The predicted octanol–water partition coefficient (Wildman–Crippen LogP) is 4.13. The number of hydrogen-bond donors (Lipinski definition) is 0. The minimum Gasteiger partial charge on any atom is -0.337 e. The maximum absolute atomic E-state index is 12.9. The molecule has 0 saturated carbocycles. The Morgan fingerprint density at radius 1 is 1.29 bits per heavy atom. The normalized spacial score (nSPS) is 10.5. The van der Waals surface area contributed by atoms with Crippen molar-refractivity contribution in [3.63, 3.8) is 0 Å². The van der Waals surface area contributed by atoms with Gasteiger partial charge in [0.25, 0.3) is 11.6 Å². The van der Waals surface area contributed by atoms with E-state index >= 15 is 0 Å². The first-order valence-electron chi connectivity index (χ1n) is 8.21. The summed E-state index contributed by atoms with van der Waals surface area (Å²) >= 11 is 6.08. The third-order valence-corrected chi connectivity index (χ3v) is 4.18. The van der Waals surface area contributed by atoms with Crippen LogP contribution in [0.25, 0.3) is 11.4 Å². The van der Waals surface area contributed by atoms with Crippen LogP contribution in [0.15, 0.2) is 65.7 Å². The number of rotatable bonds is 7. The van der Waals surface area contributed by atoms with Gasteiger partial charge in [-0.15, -0.1) is 6.58 Å². The molecule has 0 aliphatic rings. The van der Waals surface area contributed by atoms with Gasteiger partial charge in [0, 0.05) is 24.2 Å². The Kier molecular flexibility index (Phi) is 5.81. The van der Waals surface area contributed by atoms with Gasteiger partial charge < -0.3 is 9.42 Å².